The minimum Gasteiger partial charge on any atom is -0.367 e. The number of ketones is 1. The van der Waals surface area contributed by atoms with Crippen molar-refractivity contribution in [1.29, 1.82) is 0 Å². The Morgan fingerprint density at radius 3 is 2.29 bits per heavy atom. The van der Waals surface area contributed by atoms with Crippen LogP contribution in [0.2, 0.25) is 0 Å². The Morgan fingerprint density at radius 1 is 1.14 bits per heavy atom. The third-order valence-corrected chi connectivity index (χ3v) is 2.09. The summed E-state index contributed by atoms with van der Waals surface area (Å²) in [6.07, 6.45) is -1.40. The molecule has 1 fully saturated rings. The number of ether oxygens (including phenoxy) is 1. The van der Waals surface area contributed by atoms with Gasteiger partial charge in [-0.2, -0.15) is 0 Å². The first-order chi connectivity index (χ1) is 6.70. The molecule has 1 aliphatic heterocycles. The number of carbonyl (C=O) groups excluding carboxylic acids is 2. The van der Waals surface area contributed by atoms with Gasteiger partial charge in [-0.05, 0) is 0 Å². The summed E-state index contributed by atoms with van der Waals surface area (Å²) in [5.41, 5.74) is 5.53. The van der Waals surface area contributed by atoms with Gasteiger partial charge in [0.15, 0.2) is 18.0 Å². The zero-order valence-corrected chi connectivity index (χ0v) is 7.34. The smallest absolute Gasteiger partial charge is 0.249 e. The number of primary amides is 1. The Hall–Kier alpha value is -1.68. The maximum Gasteiger partial charge on any atom is 0.249 e. The van der Waals surface area contributed by atoms with Gasteiger partial charge in [-0.1, -0.05) is 30.3 Å². The molecule has 1 saturated heterocycles. The number of amides is 1. The van der Waals surface area contributed by atoms with Gasteiger partial charge in [0.1, 0.15) is 0 Å². The van der Waals surface area contributed by atoms with Gasteiger partial charge >= 0.3 is 0 Å². The summed E-state index contributed by atoms with van der Waals surface area (Å²) in [4.78, 5) is 22.2. The van der Waals surface area contributed by atoms with Crippen molar-refractivity contribution in [3.63, 3.8) is 0 Å². The summed E-state index contributed by atoms with van der Waals surface area (Å²) in [5, 5.41) is 0. The predicted molar refractivity (Wildman–Crippen MR) is 48.6 cm³/mol. The first kappa shape index (κ1) is 8.90. The van der Waals surface area contributed by atoms with Crippen LogP contribution in [0, 0.1) is 0 Å². The van der Waals surface area contributed by atoms with Crippen molar-refractivity contribution >= 4 is 11.7 Å². The molecule has 0 spiro atoms. The van der Waals surface area contributed by atoms with Crippen LogP contribution in [0.15, 0.2) is 30.3 Å². The summed E-state index contributed by atoms with van der Waals surface area (Å²) < 4.78 is 4.87. The lowest BCUT2D eigenvalue weighted by molar-refractivity contribution is -0.119. The van der Waals surface area contributed by atoms with Crippen molar-refractivity contribution in [3.05, 3.63) is 35.9 Å². The van der Waals surface area contributed by atoms with Crippen LogP contribution in [-0.4, -0.2) is 23.9 Å². The molecule has 4 heteroatoms. The lowest BCUT2D eigenvalue weighted by Gasteiger charge is -1.94. The lowest BCUT2D eigenvalue weighted by atomic mass is 10.1. The highest BCUT2D eigenvalue weighted by molar-refractivity contribution is 6.05. The molecule has 0 unspecified atom stereocenters. The van der Waals surface area contributed by atoms with E-state index in [9.17, 15) is 9.59 Å². The quantitative estimate of drug-likeness (QED) is 0.544. The van der Waals surface area contributed by atoms with Gasteiger partial charge in [0.05, 0.1) is 0 Å². The van der Waals surface area contributed by atoms with E-state index in [0.29, 0.717) is 5.56 Å². The summed E-state index contributed by atoms with van der Waals surface area (Å²) in [6, 6.07) is 8.70. The van der Waals surface area contributed by atoms with Crippen LogP contribution < -0.4 is 5.73 Å². The second-order valence-corrected chi connectivity index (χ2v) is 3.11. The summed E-state index contributed by atoms with van der Waals surface area (Å²) in [6.45, 7) is 0. The SMILES string of the molecule is NC(=O)[C@@H]1O[C@H]1C(=O)c1ccccc1. The Balaban J connectivity index is 2.09. The first-order valence-electron chi connectivity index (χ1n) is 4.24. The fourth-order valence-electron chi connectivity index (χ4n) is 1.29. The summed E-state index contributed by atoms with van der Waals surface area (Å²) in [7, 11) is 0. The molecule has 2 atom stereocenters. The molecule has 1 heterocycles. The van der Waals surface area contributed by atoms with Crippen molar-refractivity contribution in [3.8, 4) is 0 Å². The van der Waals surface area contributed by atoms with Gasteiger partial charge in [0.2, 0.25) is 5.91 Å². The number of hydrogen-bond acceptors (Lipinski definition) is 3. The van der Waals surface area contributed by atoms with Crippen molar-refractivity contribution in [2.45, 2.75) is 12.2 Å². The molecular weight excluding hydrogens is 182 g/mol. The Morgan fingerprint density at radius 2 is 1.79 bits per heavy atom. The van der Waals surface area contributed by atoms with Crippen molar-refractivity contribution in [2.24, 2.45) is 5.73 Å². The van der Waals surface area contributed by atoms with Crippen LogP contribution in [0.3, 0.4) is 0 Å². The molecule has 2 rings (SSSR count). The molecule has 0 aromatic heterocycles. The Labute approximate surface area is 80.7 Å². The van der Waals surface area contributed by atoms with Gasteiger partial charge < -0.3 is 10.5 Å². The number of hydrogen-bond donors (Lipinski definition) is 1. The summed E-state index contributed by atoms with van der Waals surface area (Å²) in [5.74, 6) is -0.770. The van der Waals surface area contributed by atoms with Crippen LogP contribution in [0.1, 0.15) is 10.4 Å². The summed E-state index contributed by atoms with van der Waals surface area (Å²) >= 11 is 0. The zero-order valence-electron chi connectivity index (χ0n) is 7.34. The van der Waals surface area contributed by atoms with Crippen molar-refractivity contribution < 1.29 is 14.3 Å². The number of benzene rings is 1. The minimum atomic E-state index is -0.734. The van der Waals surface area contributed by atoms with E-state index < -0.39 is 18.1 Å². The molecule has 0 bridgehead atoms. The molecule has 0 aliphatic carbocycles. The number of nitrogens with two attached hydrogens (primary N) is 1. The van der Waals surface area contributed by atoms with Gasteiger partial charge in [0, 0.05) is 5.56 Å². The van der Waals surface area contributed by atoms with E-state index in [0.717, 1.165) is 0 Å². The van der Waals surface area contributed by atoms with Gasteiger partial charge in [-0.3, -0.25) is 9.59 Å². The van der Waals surface area contributed by atoms with Crippen LogP contribution >= 0.6 is 0 Å². The lowest BCUT2D eigenvalue weighted by Crippen LogP contribution is -2.23. The minimum absolute atomic E-state index is 0.186. The van der Waals surface area contributed by atoms with Gasteiger partial charge in [-0.25, -0.2) is 0 Å². The highest BCUT2D eigenvalue weighted by Gasteiger charge is 2.49. The van der Waals surface area contributed by atoms with Crippen molar-refractivity contribution in [1.82, 2.24) is 0 Å². The number of rotatable bonds is 3. The van der Waals surface area contributed by atoms with E-state index in [1.165, 1.54) is 0 Å². The topological polar surface area (TPSA) is 72.7 Å². The third kappa shape index (κ3) is 1.52. The second kappa shape index (κ2) is 3.23. The monoisotopic (exact) mass is 191 g/mol. The standard InChI is InChI=1S/C10H9NO3/c11-10(13)9-8(14-9)7(12)6-4-2-1-3-5-6/h1-5,8-9H,(H2,11,13)/t8-,9+/m0/s1. The highest BCUT2D eigenvalue weighted by Crippen LogP contribution is 2.25. The van der Waals surface area contributed by atoms with Crippen LogP contribution in [0.25, 0.3) is 0 Å². The Bertz CT molecular complexity index is 374. The molecular formula is C10H9NO3. The van der Waals surface area contributed by atoms with Gasteiger partial charge in [0.25, 0.3) is 0 Å². The molecule has 14 heavy (non-hydrogen) atoms. The van der Waals surface area contributed by atoms with E-state index in [2.05, 4.69) is 0 Å². The highest BCUT2D eigenvalue weighted by atomic mass is 16.6. The fourth-order valence-corrected chi connectivity index (χ4v) is 1.29. The average Bonchev–Trinajstić information content (AvgIpc) is 2.97. The normalized spacial score (nSPS) is 24.3. The number of carbonyl (C=O) groups is 2. The third-order valence-electron chi connectivity index (χ3n) is 2.09. The zero-order chi connectivity index (χ0) is 10.1. The first-order valence-corrected chi connectivity index (χ1v) is 4.24. The number of Topliss-reactive ketones (excluding diaryl/α,β-unsaturated/α-hetero) is 1. The van der Waals surface area contributed by atoms with Crippen LogP contribution in [0.4, 0.5) is 0 Å². The predicted octanol–water partition coefficient (Wildman–Crippen LogP) is 0.122. The molecule has 0 radical (unpaired) electrons. The van der Waals surface area contributed by atoms with E-state index >= 15 is 0 Å². The molecule has 2 N–H and O–H groups in total. The molecule has 0 saturated carbocycles. The largest absolute Gasteiger partial charge is 0.367 e. The molecule has 1 aromatic rings. The average molecular weight is 191 g/mol. The van der Waals surface area contributed by atoms with E-state index in [1.807, 2.05) is 6.07 Å². The van der Waals surface area contributed by atoms with E-state index in [4.69, 9.17) is 10.5 Å². The van der Waals surface area contributed by atoms with Gasteiger partial charge in [-0.15, -0.1) is 0 Å². The van der Waals surface area contributed by atoms with Crippen LogP contribution in [-0.2, 0) is 9.53 Å². The maximum absolute atomic E-state index is 11.6. The number of epoxide rings is 1. The van der Waals surface area contributed by atoms with E-state index in [-0.39, 0.29) is 5.78 Å². The second-order valence-electron chi connectivity index (χ2n) is 3.11. The van der Waals surface area contributed by atoms with Crippen LogP contribution in [0.5, 0.6) is 0 Å². The van der Waals surface area contributed by atoms with Crippen molar-refractivity contribution in [2.75, 3.05) is 0 Å². The van der Waals surface area contributed by atoms with E-state index in [1.54, 1.807) is 24.3 Å². The molecule has 1 aliphatic rings. The fraction of sp³-hybridized carbons (Fsp3) is 0.200. The maximum atomic E-state index is 11.6. The molecule has 4 nitrogen and oxygen atoms in total. The molecule has 1 aromatic carbocycles. The molecule has 72 valence electrons. The molecule has 1 amide bonds. The Kier molecular flexibility index (Phi) is 2.05.